The molecule has 0 aromatic heterocycles. The highest BCUT2D eigenvalue weighted by Gasteiger charge is 2.43. The van der Waals surface area contributed by atoms with E-state index in [9.17, 15) is 0 Å². The number of rotatable bonds is 4. The van der Waals surface area contributed by atoms with Crippen LogP contribution in [0.4, 0.5) is 0 Å². The van der Waals surface area contributed by atoms with E-state index in [1.165, 1.54) is 6.42 Å². The van der Waals surface area contributed by atoms with Crippen molar-refractivity contribution < 1.29 is 18.6 Å². The Morgan fingerprint density at radius 3 is 2.08 bits per heavy atom. The second-order valence-electron chi connectivity index (χ2n) is 3.07. The van der Waals surface area contributed by atoms with Crippen molar-refractivity contribution in [3.8, 4) is 0 Å². The Labute approximate surface area is 80.8 Å². The second kappa shape index (κ2) is 5.07. The first-order valence-electron chi connectivity index (χ1n) is 4.56. The van der Waals surface area contributed by atoms with Crippen molar-refractivity contribution in [2.75, 3.05) is 27.9 Å². The van der Waals surface area contributed by atoms with Gasteiger partial charge in [0.1, 0.15) is 0 Å². The number of hydrogen-bond acceptors (Lipinski definition) is 4. The van der Waals surface area contributed by atoms with Gasteiger partial charge in [0.05, 0.1) is 0 Å². The molecule has 1 saturated heterocycles. The quantitative estimate of drug-likeness (QED) is 0.500. The summed E-state index contributed by atoms with van der Waals surface area (Å²) in [6.07, 6.45) is 2.32. The van der Waals surface area contributed by atoms with Crippen LogP contribution in [-0.4, -0.2) is 42.6 Å². The Bertz CT molecular complexity index is 135. The Balaban J connectivity index is 2.60. The highest BCUT2D eigenvalue weighted by atomic mass is 28.3. The van der Waals surface area contributed by atoms with Crippen molar-refractivity contribution in [1.29, 1.82) is 0 Å². The Kier molecular flexibility index (Phi) is 4.34. The fourth-order valence-corrected chi connectivity index (χ4v) is 4.29. The normalized spacial score (nSPS) is 24.7. The van der Waals surface area contributed by atoms with Crippen LogP contribution in [-0.2, 0) is 18.6 Å². The zero-order valence-electron chi connectivity index (χ0n) is 8.54. The maximum absolute atomic E-state index is 5.68. The molecule has 0 aromatic carbocycles. The first-order valence-corrected chi connectivity index (χ1v) is 6.42. The van der Waals surface area contributed by atoms with Crippen LogP contribution in [0.2, 0.25) is 6.04 Å². The lowest BCUT2D eigenvalue weighted by atomic mass is 10.4. The van der Waals surface area contributed by atoms with Gasteiger partial charge in [-0.25, -0.2) is 0 Å². The van der Waals surface area contributed by atoms with Gasteiger partial charge in [-0.1, -0.05) is 6.42 Å². The molecule has 5 heteroatoms. The predicted octanol–water partition coefficient (Wildman–Crippen LogP) is 0.653. The number of hydrogen-bond donors (Lipinski definition) is 0. The van der Waals surface area contributed by atoms with Gasteiger partial charge in [0.25, 0.3) is 14.6 Å². The van der Waals surface area contributed by atoms with Crippen LogP contribution in [0.1, 0.15) is 12.8 Å². The van der Waals surface area contributed by atoms with E-state index in [2.05, 4.69) is 0 Å². The van der Waals surface area contributed by atoms with E-state index >= 15 is 0 Å². The molecular weight excluding hydrogens is 188 g/mol. The van der Waals surface area contributed by atoms with Crippen molar-refractivity contribution in [1.82, 2.24) is 0 Å². The van der Waals surface area contributed by atoms with Gasteiger partial charge >= 0.3 is 0 Å². The minimum absolute atomic E-state index is 0.814. The van der Waals surface area contributed by atoms with E-state index in [0.29, 0.717) is 0 Å². The van der Waals surface area contributed by atoms with Crippen molar-refractivity contribution >= 4 is 9.04 Å². The van der Waals surface area contributed by atoms with Crippen LogP contribution >= 0.6 is 0 Å². The number of ether oxygens (including phenoxy) is 3. The van der Waals surface area contributed by atoms with Crippen LogP contribution < -0.4 is 0 Å². The van der Waals surface area contributed by atoms with Crippen molar-refractivity contribution in [3.63, 3.8) is 0 Å². The summed E-state index contributed by atoms with van der Waals surface area (Å²) in [5, 5.41) is 0. The molecule has 1 aliphatic heterocycles. The molecule has 0 spiro atoms. The van der Waals surface area contributed by atoms with E-state index in [1.54, 1.807) is 21.3 Å². The highest BCUT2D eigenvalue weighted by Crippen LogP contribution is 2.25. The third-order valence-electron chi connectivity index (χ3n) is 2.43. The zero-order valence-corrected chi connectivity index (χ0v) is 9.69. The first kappa shape index (κ1) is 11.1. The van der Waals surface area contributed by atoms with E-state index in [0.717, 1.165) is 19.1 Å². The summed E-state index contributed by atoms with van der Waals surface area (Å²) in [7, 11) is 3.24. The van der Waals surface area contributed by atoms with Gasteiger partial charge in [-0.3, -0.25) is 0 Å². The molecule has 0 saturated carbocycles. The molecule has 13 heavy (non-hydrogen) atoms. The Hall–Kier alpha value is 0.0569. The smallest absolute Gasteiger partial charge is 0.282 e. The third-order valence-corrected chi connectivity index (χ3v) is 5.49. The fourth-order valence-electron chi connectivity index (χ4n) is 1.66. The summed E-state index contributed by atoms with van der Waals surface area (Å²) in [6, 6.07) is 1.05. The minimum Gasteiger partial charge on any atom is -0.411 e. The molecular formula is C8H18O4Si. The van der Waals surface area contributed by atoms with Crippen LogP contribution in [0.25, 0.3) is 0 Å². The first-order chi connectivity index (χ1) is 6.29. The van der Waals surface area contributed by atoms with E-state index in [1.807, 2.05) is 0 Å². The molecule has 0 N–H and O–H groups in total. The number of methoxy groups -OCH3 is 3. The molecule has 0 radical (unpaired) electrons. The molecule has 1 fully saturated rings. The summed E-state index contributed by atoms with van der Waals surface area (Å²) in [4.78, 5) is 0. The van der Waals surface area contributed by atoms with Gasteiger partial charge in [-0.2, -0.15) is 0 Å². The topological polar surface area (TPSA) is 36.9 Å². The lowest BCUT2D eigenvalue weighted by Gasteiger charge is -2.36. The highest BCUT2D eigenvalue weighted by molar-refractivity contribution is 6.54. The zero-order chi connectivity index (χ0) is 9.73. The third kappa shape index (κ3) is 2.29. The van der Waals surface area contributed by atoms with Crippen LogP contribution in [0.3, 0.4) is 0 Å². The fraction of sp³-hybridized carbons (Fsp3) is 1.00. The maximum Gasteiger partial charge on any atom is 0.282 e. The van der Waals surface area contributed by atoms with Gasteiger partial charge in [-0.15, -0.1) is 0 Å². The molecule has 1 unspecified atom stereocenters. The maximum atomic E-state index is 5.68. The van der Waals surface area contributed by atoms with E-state index in [-0.39, 0.29) is 0 Å². The van der Waals surface area contributed by atoms with Crippen molar-refractivity contribution in [3.05, 3.63) is 0 Å². The predicted molar refractivity (Wildman–Crippen MR) is 50.9 cm³/mol. The molecule has 1 heterocycles. The molecule has 0 aromatic rings. The van der Waals surface area contributed by atoms with Gasteiger partial charge in [0, 0.05) is 27.9 Å². The molecule has 1 aliphatic rings. The summed E-state index contributed by atoms with van der Waals surface area (Å²) < 4.78 is 21.5. The summed E-state index contributed by atoms with van der Waals surface area (Å²) in [5.74, 6) is 0. The van der Waals surface area contributed by atoms with Crippen LogP contribution in [0.5, 0.6) is 0 Å². The van der Waals surface area contributed by atoms with Crippen molar-refractivity contribution in [2.24, 2.45) is 0 Å². The SMILES string of the molecule is COC(OC)(OC)[SiH]1CCCCO1. The lowest BCUT2D eigenvalue weighted by Crippen LogP contribution is -2.53. The summed E-state index contributed by atoms with van der Waals surface area (Å²) in [6.45, 7) is 0.814. The Morgan fingerprint density at radius 2 is 1.69 bits per heavy atom. The van der Waals surface area contributed by atoms with E-state index in [4.69, 9.17) is 18.6 Å². The molecule has 78 valence electrons. The van der Waals surface area contributed by atoms with Gasteiger partial charge in [-0.05, 0) is 12.5 Å². The largest absolute Gasteiger partial charge is 0.411 e. The second-order valence-corrected chi connectivity index (χ2v) is 5.67. The van der Waals surface area contributed by atoms with Gasteiger partial charge < -0.3 is 18.6 Å². The summed E-state index contributed by atoms with van der Waals surface area (Å²) in [5.41, 5.74) is -0.888. The molecule has 0 bridgehead atoms. The molecule has 1 atom stereocenters. The van der Waals surface area contributed by atoms with Gasteiger partial charge in [0.2, 0.25) is 0 Å². The van der Waals surface area contributed by atoms with Crippen LogP contribution in [0, 0.1) is 0 Å². The molecule has 0 aliphatic carbocycles. The summed E-state index contributed by atoms with van der Waals surface area (Å²) >= 11 is 0. The van der Waals surface area contributed by atoms with Crippen molar-refractivity contribution in [2.45, 2.75) is 24.5 Å². The van der Waals surface area contributed by atoms with E-state index < -0.39 is 14.6 Å². The van der Waals surface area contributed by atoms with Crippen LogP contribution in [0.15, 0.2) is 0 Å². The Morgan fingerprint density at radius 1 is 1.08 bits per heavy atom. The average molecular weight is 206 g/mol. The lowest BCUT2D eigenvalue weighted by molar-refractivity contribution is -0.304. The molecule has 4 nitrogen and oxygen atoms in total. The molecule has 0 amide bonds. The standard InChI is InChI=1S/C8H18O4Si/c1-9-8(10-2,11-3)13-7-5-4-6-12-13/h13H,4-7H2,1-3H3. The molecule has 1 rings (SSSR count). The van der Waals surface area contributed by atoms with Gasteiger partial charge in [0.15, 0.2) is 0 Å². The average Bonchev–Trinajstić information content (AvgIpc) is 2.23. The monoisotopic (exact) mass is 206 g/mol. The minimum atomic E-state index is -1.54.